The van der Waals surface area contributed by atoms with Crippen LogP contribution in [-0.2, 0) is 0 Å². The first-order valence-electron chi connectivity index (χ1n) is 5.56. The largest absolute Gasteiger partial charge is 0.465 e. The zero-order valence-electron chi connectivity index (χ0n) is 10.1. The molecule has 1 heterocycles. The monoisotopic (exact) mass is 225 g/mol. The molecule has 2 heteroatoms. The summed E-state index contributed by atoms with van der Waals surface area (Å²) in [4.78, 5) is 4.39. The summed E-state index contributed by atoms with van der Waals surface area (Å²) in [7, 11) is 0. The van der Waals surface area contributed by atoms with Crippen molar-refractivity contribution in [3.63, 3.8) is 0 Å². The summed E-state index contributed by atoms with van der Waals surface area (Å²) in [5, 5.41) is 0. The highest BCUT2D eigenvalue weighted by molar-refractivity contribution is 5.85. The lowest BCUT2D eigenvalue weighted by atomic mass is 10.2. The summed E-state index contributed by atoms with van der Waals surface area (Å²) < 4.78 is 5.23. The molecule has 1 aromatic heterocycles. The maximum Gasteiger partial charge on any atom is 0.126 e. The van der Waals surface area contributed by atoms with E-state index < -0.39 is 0 Å². The molecule has 1 aromatic carbocycles. The van der Waals surface area contributed by atoms with Gasteiger partial charge in [0.2, 0.25) is 0 Å². The number of nitrogens with zero attached hydrogens (tertiary/aromatic N) is 1. The van der Waals surface area contributed by atoms with E-state index in [1.54, 1.807) is 6.26 Å². The predicted octanol–water partition coefficient (Wildman–Crippen LogP) is 4.39. The molecule has 0 amide bonds. The summed E-state index contributed by atoms with van der Waals surface area (Å²) in [6, 6.07) is 11.9. The van der Waals surface area contributed by atoms with Crippen LogP contribution in [0.5, 0.6) is 0 Å². The van der Waals surface area contributed by atoms with E-state index >= 15 is 0 Å². The molecule has 2 aromatic rings. The molecule has 0 bridgehead atoms. The van der Waals surface area contributed by atoms with Gasteiger partial charge in [0.05, 0.1) is 12.0 Å². The maximum absolute atomic E-state index is 5.23. The van der Waals surface area contributed by atoms with Crippen molar-refractivity contribution in [3.8, 4) is 0 Å². The van der Waals surface area contributed by atoms with Crippen LogP contribution < -0.4 is 0 Å². The van der Waals surface area contributed by atoms with Gasteiger partial charge >= 0.3 is 0 Å². The maximum atomic E-state index is 5.23. The Morgan fingerprint density at radius 2 is 1.94 bits per heavy atom. The fourth-order valence-electron chi connectivity index (χ4n) is 1.44. The van der Waals surface area contributed by atoms with Crippen molar-refractivity contribution in [1.29, 1.82) is 0 Å². The third-order valence-corrected chi connectivity index (χ3v) is 2.36. The Morgan fingerprint density at radius 1 is 1.18 bits per heavy atom. The van der Waals surface area contributed by atoms with Gasteiger partial charge in [0.1, 0.15) is 5.76 Å². The van der Waals surface area contributed by atoms with Crippen molar-refractivity contribution >= 4 is 18.0 Å². The van der Waals surface area contributed by atoms with Crippen LogP contribution in [0.1, 0.15) is 18.2 Å². The van der Waals surface area contributed by atoms with Gasteiger partial charge in [-0.2, -0.15) is 0 Å². The average Bonchev–Trinajstić information content (AvgIpc) is 2.81. The molecule has 0 fully saturated rings. The first kappa shape index (κ1) is 11.4. The number of allylic oxidation sites excluding steroid dienone is 1. The Labute approximate surface area is 101 Å². The Bertz CT molecular complexity index is 519. The molecule has 0 saturated heterocycles. The second-order valence-electron chi connectivity index (χ2n) is 4.00. The van der Waals surface area contributed by atoms with E-state index in [0.29, 0.717) is 0 Å². The van der Waals surface area contributed by atoms with Crippen molar-refractivity contribution < 1.29 is 4.42 Å². The van der Waals surface area contributed by atoms with Crippen LogP contribution in [0.2, 0.25) is 0 Å². The van der Waals surface area contributed by atoms with Crippen LogP contribution in [-0.4, -0.2) is 6.21 Å². The first-order chi connectivity index (χ1) is 8.24. The van der Waals surface area contributed by atoms with E-state index in [1.807, 2.05) is 43.5 Å². The SMILES string of the molecule is CC(C=Nc1ccc(C)cc1)=Cc1ccco1. The Morgan fingerprint density at radius 3 is 2.59 bits per heavy atom. The van der Waals surface area contributed by atoms with Crippen molar-refractivity contribution in [2.75, 3.05) is 0 Å². The Kier molecular flexibility index (Phi) is 3.55. The van der Waals surface area contributed by atoms with E-state index in [-0.39, 0.29) is 0 Å². The van der Waals surface area contributed by atoms with E-state index in [4.69, 9.17) is 4.42 Å². The van der Waals surface area contributed by atoms with Crippen molar-refractivity contribution in [2.24, 2.45) is 4.99 Å². The molecule has 2 rings (SSSR count). The highest BCUT2D eigenvalue weighted by Gasteiger charge is 1.91. The second-order valence-corrected chi connectivity index (χ2v) is 4.00. The summed E-state index contributed by atoms with van der Waals surface area (Å²) in [6.07, 6.45) is 5.46. The molecule has 0 aliphatic carbocycles. The number of hydrogen-bond acceptors (Lipinski definition) is 2. The van der Waals surface area contributed by atoms with E-state index in [0.717, 1.165) is 17.0 Å². The summed E-state index contributed by atoms with van der Waals surface area (Å²) in [5.41, 5.74) is 3.26. The van der Waals surface area contributed by atoms with Gasteiger partial charge in [-0.3, -0.25) is 4.99 Å². The Hall–Kier alpha value is -2.09. The molecule has 2 nitrogen and oxygen atoms in total. The predicted molar refractivity (Wildman–Crippen MR) is 71.7 cm³/mol. The highest BCUT2D eigenvalue weighted by Crippen LogP contribution is 2.13. The van der Waals surface area contributed by atoms with Gasteiger partial charge in [0.15, 0.2) is 0 Å². The van der Waals surface area contributed by atoms with Crippen LogP contribution in [0.4, 0.5) is 5.69 Å². The minimum Gasteiger partial charge on any atom is -0.465 e. The Balaban J connectivity index is 2.08. The van der Waals surface area contributed by atoms with Gasteiger partial charge < -0.3 is 4.42 Å². The van der Waals surface area contributed by atoms with Crippen molar-refractivity contribution in [2.45, 2.75) is 13.8 Å². The topological polar surface area (TPSA) is 25.5 Å². The summed E-state index contributed by atoms with van der Waals surface area (Å²) in [6.45, 7) is 4.07. The molecule has 0 radical (unpaired) electrons. The van der Waals surface area contributed by atoms with Crippen LogP contribution in [0.25, 0.3) is 6.08 Å². The first-order valence-corrected chi connectivity index (χ1v) is 5.56. The van der Waals surface area contributed by atoms with Gasteiger partial charge in [-0.05, 0) is 49.8 Å². The standard InChI is InChI=1S/C15H15NO/c1-12-5-7-14(8-6-12)16-11-13(2)10-15-4-3-9-17-15/h3-11H,1-2H3. The minimum absolute atomic E-state index is 0.845. The minimum atomic E-state index is 0.845. The summed E-state index contributed by atoms with van der Waals surface area (Å²) >= 11 is 0. The lowest BCUT2D eigenvalue weighted by Gasteiger charge is -1.95. The van der Waals surface area contributed by atoms with Crippen LogP contribution in [0.3, 0.4) is 0 Å². The van der Waals surface area contributed by atoms with Crippen molar-refractivity contribution in [1.82, 2.24) is 0 Å². The molecule has 17 heavy (non-hydrogen) atoms. The quantitative estimate of drug-likeness (QED) is 0.711. The van der Waals surface area contributed by atoms with Gasteiger partial charge in [-0.25, -0.2) is 0 Å². The summed E-state index contributed by atoms with van der Waals surface area (Å²) in [5.74, 6) is 0.845. The molecule has 0 aliphatic heterocycles. The van der Waals surface area contributed by atoms with E-state index in [1.165, 1.54) is 5.56 Å². The average molecular weight is 225 g/mol. The zero-order valence-corrected chi connectivity index (χ0v) is 10.1. The molecule has 86 valence electrons. The highest BCUT2D eigenvalue weighted by atomic mass is 16.3. The lowest BCUT2D eigenvalue weighted by molar-refractivity contribution is 0.557. The number of benzene rings is 1. The van der Waals surface area contributed by atoms with E-state index in [2.05, 4.69) is 24.0 Å². The number of rotatable bonds is 3. The number of furan rings is 1. The molecule has 0 unspecified atom stereocenters. The van der Waals surface area contributed by atoms with Gasteiger partial charge in [-0.15, -0.1) is 0 Å². The van der Waals surface area contributed by atoms with E-state index in [9.17, 15) is 0 Å². The van der Waals surface area contributed by atoms with Crippen molar-refractivity contribution in [3.05, 3.63) is 59.6 Å². The van der Waals surface area contributed by atoms with Gasteiger partial charge in [-0.1, -0.05) is 17.7 Å². The molecular formula is C15H15NO. The number of hydrogen-bond donors (Lipinski definition) is 0. The smallest absolute Gasteiger partial charge is 0.126 e. The fraction of sp³-hybridized carbons (Fsp3) is 0.133. The van der Waals surface area contributed by atoms with Gasteiger partial charge in [0.25, 0.3) is 0 Å². The lowest BCUT2D eigenvalue weighted by Crippen LogP contribution is -1.77. The normalized spacial score (nSPS) is 12.2. The molecule has 0 saturated carbocycles. The third kappa shape index (κ3) is 3.45. The molecular weight excluding hydrogens is 210 g/mol. The third-order valence-electron chi connectivity index (χ3n) is 2.36. The molecule has 0 spiro atoms. The van der Waals surface area contributed by atoms with Crippen LogP contribution >= 0.6 is 0 Å². The molecule has 0 atom stereocenters. The van der Waals surface area contributed by atoms with Crippen LogP contribution in [0, 0.1) is 6.92 Å². The second kappa shape index (κ2) is 5.30. The molecule has 0 aliphatic rings. The number of aryl methyl sites for hydroxylation is 1. The molecule has 0 N–H and O–H groups in total. The number of aliphatic imine (C=N–C) groups is 1. The van der Waals surface area contributed by atoms with Crippen LogP contribution in [0.15, 0.2) is 57.6 Å². The fourth-order valence-corrected chi connectivity index (χ4v) is 1.44. The van der Waals surface area contributed by atoms with Gasteiger partial charge in [0, 0.05) is 6.21 Å². The zero-order chi connectivity index (χ0) is 12.1.